The first-order valence-electron chi connectivity index (χ1n) is 13.4. The van der Waals surface area contributed by atoms with Gasteiger partial charge in [-0.25, -0.2) is 0 Å². The van der Waals surface area contributed by atoms with E-state index in [9.17, 15) is 29.1 Å². The molecule has 2 saturated heterocycles. The molecule has 15 heteroatoms. The van der Waals surface area contributed by atoms with Crippen LogP contribution in [0.4, 0.5) is 0 Å². The number of nitrogens with zero attached hydrogens (tertiary/aromatic N) is 4. The van der Waals surface area contributed by atoms with E-state index in [4.69, 9.17) is 27.1 Å². The Hall–Kier alpha value is -4.73. The molecule has 2 heterocycles. The van der Waals surface area contributed by atoms with Gasteiger partial charge in [0.25, 0.3) is 0 Å². The molecular weight excluding hydrogens is 548 g/mol. The van der Waals surface area contributed by atoms with Crippen LogP contribution in [-0.4, -0.2) is 100.0 Å². The van der Waals surface area contributed by atoms with Crippen LogP contribution >= 0.6 is 0 Å². The number of carboxylic acids is 1. The highest BCUT2D eigenvalue weighted by atomic mass is 16.4. The van der Waals surface area contributed by atoms with Crippen molar-refractivity contribution in [3.8, 4) is 17.9 Å². The standard InChI is InChI=1S/C16H20N4O3.C11H16N4O4/c17-7-9-20-8-1-2-14(20)16(23)19-13(15(18)22)10-11-3-5-12(21)6-4-11;12-3-5-15-4-1-2-8(15)11(19)14-7(10(13)18)6-9(16)17/h3-6,13-14,21H,1-2,8-10H2,(H2,18,22)(H,19,23);7-8H,1-2,4-6H2,(H2,13,18)(H,14,19)(H,16,17). The maximum absolute atomic E-state index is 12.4. The van der Waals surface area contributed by atoms with Gasteiger partial charge in [-0.2, -0.15) is 10.5 Å². The Morgan fingerprint density at radius 2 is 1.31 bits per heavy atom. The Balaban J connectivity index is 0.000000299. The fourth-order valence-corrected chi connectivity index (χ4v) is 4.83. The molecule has 15 nitrogen and oxygen atoms in total. The maximum Gasteiger partial charge on any atom is 0.305 e. The molecule has 0 bridgehead atoms. The number of benzene rings is 1. The zero-order chi connectivity index (χ0) is 31.2. The first-order chi connectivity index (χ1) is 20.0. The Bertz CT molecular complexity index is 1210. The zero-order valence-corrected chi connectivity index (χ0v) is 23.1. The largest absolute Gasteiger partial charge is 0.508 e. The summed E-state index contributed by atoms with van der Waals surface area (Å²) >= 11 is 0. The van der Waals surface area contributed by atoms with Gasteiger partial charge in [0.15, 0.2) is 0 Å². The smallest absolute Gasteiger partial charge is 0.305 e. The second-order valence-electron chi connectivity index (χ2n) is 9.97. The van der Waals surface area contributed by atoms with Crippen LogP contribution < -0.4 is 22.1 Å². The lowest BCUT2D eigenvalue weighted by atomic mass is 10.0. The Morgan fingerprint density at radius 1 is 0.857 bits per heavy atom. The number of hydrogen-bond acceptors (Lipinski definition) is 10. The Labute approximate surface area is 243 Å². The van der Waals surface area contributed by atoms with E-state index in [1.165, 1.54) is 12.1 Å². The lowest BCUT2D eigenvalue weighted by Crippen LogP contribution is -2.52. The molecule has 4 unspecified atom stereocenters. The highest BCUT2D eigenvalue weighted by Crippen LogP contribution is 2.18. The highest BCUT2D eigenvalue weighted by Gasteiger charge is 2.34. The van der Waals surface area contributed by atoms with Crippen molar-refractivity contribution in [3.63, 3.8) is 0 Å². The number of hydrogen-bond donors (Lipinski definition) is 6. The van der Waals surface area contributed by atoms with Crippen molar-refractivity contribution in [3.05, 3.63) is 29.8 Å². The van der Waals surface area contributed by atoms with Crippen LogP contribution in [0.5, 0.6) is 5.75 Å². The van der Waals surface area contributed by atoms with Gasteiger partial charge in [-0.15, -0.1) is 0 Å². The molecule has 0 radical (unpaired) electrons. The summed E-state index contributed by atoms with van der Waals surface area (Å²) in [6, 6.07) is 7.44. The van der Waals surface area contributed by atoms with Gasteiger partial charge in [-0.3, -0.25) is 33.8 Å². The average Bonchev–Trinajstić information content (AvgIpc) is 3.59. The number of rotatable bonds is 12. The topological polar surface area (TPSA) is 256 Å². The third-order valence-corrected chi connectivity index (χ3v) is 6.96. The van der Waals surface area contributed by atoms with Crippen molar-refractivity contribution in [1.29, 1.82) is 10.5 Å². The third-order valence-electron chi connectivity index (χ3n) is 6.96. The van der Waals surface area contributed by atoms with Gasteiger partial charge < -0.3 is 32.3 Å². The van der Waals surface area contributed by atoms with Gasteiger partial charge in [0.1, 0.15) is 17.8 Å². The van der Waals surface area contributed by atoms with Crippen molar-refractivity contribution in [2.45, 2.75) is 62.7 Å². The molecule has 1 aromatic carbocycles. The van der Waals surface area contributed by atoms with E-state index in [-0.39, 0.29) is 31.2 Å². The molecule has 0 aromatic heterocycles. The molecule has 8 N–H and O–H groups in total. The summed E-state index contributed by atoms with van der Waals surface area (Å²) in [6.45, 7) is 1.65. The van der Waals surface area contributed by atoms with Gasteiger partial charge in [0, 0.05) is 19.5 Å². The van der Waals surface area contributed by atoms with Crippen LogP contribution in [-0.2, 0) is 30.4 Å². The van der Waals surface area contributed by atoms with Crippen LogP contribution in [0, 0.1) is 22.7 Å². The number of nitrogens with two attached hydrogens (primary N) is 2. The molecule has 3 rings (SSSR count). The minimum atomic E-state index is -1.23. The van der Waals surface area contributed by atoms with Crippen LogP contribution in [0.1, 0.15) is 37.7 Å². The number of amides is 4. The molecule has 4 atom stereocenters. The van der Waals surface area contributed by atoms with Gasteiger partial charge >= 0.3 is 5.97 Å². The first kappa shape index (κ1) is 33.5. The van der Waals surface area contributed by atoms with E-state index in [1.54, 1.807) is 21.9 Å². The summed E-state index contributed by atoms with van der Waals surface area (Å²) in [5.74, 6) is -3.33. The lowest BCUT2D eigenvalue weighted by Gasteiger charge is -2.23. The number of primary amides is 2. The zero-order valence-electron chi connectivity index (χ0n) is 23.1. The molecule has 1 aromatic rings. The summed E-state index contributed by atoms with van der Waals surface area (Å²) in [6.07, 6.45) is 2.57. The number of aromatic hydroxyl groups is 1. The number of carbonyl (C=O) groups excluding carboxylic acids is 4. The van der Waals surface area contributed by atoms with Crippen molar-refractivity contribution >= 4 is 29.6 Å². The number of aliphatic carboxylic acids is 1. The number of carboxylic acid groups (broad SMARTS) is 1. The molecule has 2 fully saturated rings. The molecule has 0 aliphatic carbocycles. The number of carbonyl (C=O) groups is 5. The summed E-state index contributed by atoms with van der Waals surface area (Å²) < 4.78 is 0. The van der Waals surface area contributed by atoms with E-state index >= 15 is 0 Å². The van der Waals surface area contributed by atoms with E-state index in [0.717, 1.165) is 18.4 Å². The lowest BCUT2D eigenvalue weighted by molar-refractivity contribution is -0.140. The molecule has 0 spiro atoms. The molecule has 4 amide bonds. The summed E-state index contributed by atoms with van der Waals surface area (Å²) in [7, 11) is 0. The summed E-state index contributed by atoms with van der Waals surface area (Å²) in [5, 5.41) is 40.4. The van der Waals surface area contributed by atoms with Crippen LogP contribution in [0.3, 0.4) is 0 Å². The Kier molecular flexibility index (Phi) is 13.2. The molecule has 226 valence electrons. The normalized spacial score (nSPS) is 19.7. The summed E-state index contributed by atoms with van der Waals surface area (Å²) in [4.78, 5) is 61.1. The fourth-order valence-electron chi connectivity index (χ4n) is 4.83. The van der Waals surface area contributed by atoms with Gasteiger partial charge in [-0.05, 0) is 43.4 Å². The average molecular weight is 585 g/mol. The first-order valence-corrected chi connectivity index (χ1v) is 13.4. The number of likely N-dealkylation sites (tertiary alicyclic amines) is 2. The van der Waals surface area contributed by atoms with Crippen LogP contribution in [0.25, 0.3) is 0 Å². The number of nitrogens with one attached hydrogen (secondary N) is 2. The molecular formula is C27H36N8O7. The van der Waals surface area contributed by atoms with Crippen molar-refractivity contribution in [2.24, 2.45) is 11.5 Å². The minimum absolute atomic E-state index is 0.123. The van der Waals surface area contributed by atoms with E-state index < -0.39 is 54.3 Å². The number of nitriles is 2. The van der Waals surface area contributed by atoms with Crippen molar-refractivity contribution < 1.29 is 34.2 Å². The van der Waals surface area contributed by atoms with E-state index in [0.29, 0.717) is 25.9 Å². The molecule has 0 saturated carbocycles. The van der Waals surface area contributed by atoms with Crippen molar-refractivity contribution in [2.75, 3.05) is 26.2 Å². The molecule has 42 heavy (non-hydrogen) atoms. The minimum Gasteiger partial charge on any atom is -0.508 e. The second kappa shape index (κ2) is 16.5. The Morgan fingerprint density at radius 3 is 1.71 bits per heavy atom. The fraction of sp³-hybridized carbons (Fsp3) is 0.519. The maximum atomic E-state index is 12.4. The van der Waals surface area contributed by atoms with Crippen LogP contribution in [0.2, 0.25) is 0 Å². The monoisotopic (exact) mass is 584 g/mol. The quantitative estimate of drug-likeness (QED) is 0.151. The van der Waals surface area contributed by atoms with Crippen LogP contribution in [0.15, 0.2) is 24.3 Å². The summed E-state index contributed by atoms with van der Waals surface area (Å²) in [5.41, 5.74) is 11.2. The third kappa shape index (κ3) is 10.3. The van der Waals surface area contributed by atoms with Crippen molar-refractivity contribution in [1.82, 2.24) is 20.4 Å². The predicted octanol–water partition coefficient (Wildman–Crippen LogP) is -1.69. The van der Waals surface area contributed by atoms with Gasteiger partial charge in [-0.1, -0.05) is 12.1 Å². The van der Waals surface area contributed by atoms with E-state index in [2.05, 4.69) is 10.6 Å². The SMILES string of the molecule is N#CCN1CCCC1C(=O)NC(CC(=O)O)C(N)=O.N#CCN1CCCC1C(=O)NC(Cc1ccc(O)cc1)C(N)=O. The number of phenols is 1. The second-order valence-corrected chi connectivity index (χ2v) is 9.97. The molecule has 2 aliphatic heterocycles. The van der Waals surface area contributed by atoms with Gasteiger partial charge in [0.05, 0.1) is 43.7 Å². The van der Waals surface area contributed by atoms with Gasteiger partial charge in [0.2, 0.25) is 23.6 Å². The highest BCUT2D eigenvalue weighted by molar-refractivity contribution is 5.91. The van der Waals surface area contributed by atoms with E-state index in [1.807, 2.05) is 12.1 Å². The predicted molar refractivity (Wildman–Crippen MR) is 147 cm³/mol. The number of phenolic OH excluding ortho intramolecular Hbond substituents is 1. The molecule has 2 aliphatic rings.